The molecule has 3 rings (SSSR count). The molecule has 1 aromatic heterocycles. The summed E-state index contributed by atoms with van der Waals surface area (Å²) < 4.78 is 6.58. The second kappa shape index (κ2) is 4.82. The normalized spacial score (nSPS) is 12.2. The molecule has 0 unspecified atom stereocenters. The third-order valence-corrected chi connectivity index (χ3v) is 3.55. The minimum absolute atomic E-state index is 0.0363. The highest BCUT2D eigenvalue weighted by Gasteiger charge is 2.21. The summed E-state index contributed by atoms with van der Waals surface area (Å²) in [6, 6.07) is 9.35. The first-order chi connectivity index (χ1) is 9.74. The Balaban J connectivity index is 2.23. The van der Waals surface area contributed by atoms with Crippen molar-refractivity contribution < 1.29 is 4.74 Å². The Labute approximate surface area is 116 Å². The fraction of sp³-hybridized carbons (Fsp3) is 0.267. The Kier molecular flexibility index (Phi) is 2.99. The summed E-state index contributed by atoms with van der Waals surface area (Å²) in [5.74, 6) is 0.841. The molecule has 0 amide bonds. The Hall–Kier alpha value is -2.61. The average molecular weight is 267 g/mol. The highest BCUT2D eigenvalue weighted by molar-refractivity contribution is 5.71. The van der Waals surface area contributed by atoms with Gasteiger partial charge in [-0.25, -0.2) is 4.68 Å². The number of fused-ring (bicyclic) bond motifs is 3. The van der Waals surface area contributed by atoms with E-state index in [4.69, 9.17) is 10.00 Å². The Morgan fingerprint density at radius 1 is 1.45 bits per heavy atom. The second-order valence-electron chi connectivity index (χ2n) is 4.66. The molecule has 0 saturated heterocycles. The molecule has 0 bridgehead atoms. The van der Waals surface area contributed by atoms with E-state index in [-0.39, 0.29) is 12.1 Å². The SMILES string of the molecule is COc1cccc2c1CCc1cc(=O)n(CC#N)nc1-2. The topological polar surface area (TPSA) is 67.9 Å². The number of nitrogens with zero attached hydrogens (tertiary/aromatic N) is 3. The van der Waals surface area contributed by atoms with Crippen molar-refractivity contribution >= 4 is 0 Å². The van der Waals surface area contributed by atoms with Gasteiger partial charge in [-0.3, -0.25) is 4.79 Å². The predicted molar refractivity (Wildman–Crippen MR) is 73.5 cm³/mol. The van der Waals surface area contributed by atoms with Crippen molar-refractivity contribution in [1.82, 2.24) is 9.78 Å². The van der Waals surface area contributed by atoms with E-state index in [1.165, 1.54) is 4.68 Å². The molecule has 100 valence electrons. The first kappa shape index (κ1) is 12.4. The molecule has 1 aliphatic rings. The van der Waals surface area contributed by atoms with Crippen LogP contribution >= 0.6 is 0 Å². The van der Waals surface area contributed by atoms with Crippen molar-refractivity contribution in [1.29, 1.82) is 5.26 Å². The summed E-state index contributed by atoms with van der Waals surface area (Å²) in [7, 11) is 1.65. The van der Waals surface area contributed by atoms with Crippen LogP contribution < -0.4 is 10.3 Å². The summed E-state index contributed by atoms with van der Waals surface area (Å²) in [6.45, 7) is -0.0363. The van der Waals surface area contributed by atoms with Crippen molar-refractivity contribution in [3.8, 4) is 23.1 Å². The first-order valence-electron chi connectivity index (χ1n) is 6.39. The largest absolute Gasteiger partial charge is 0.496 e. The van der Waals surface area contributed by atoms with Crippen LogP contribution in [0.25, 0.3) is 11.3 Å². The molecule has 0 aliphatic heterocycles. The van der Waals surface area contributed by atoms with E-state index >= 15 is 0 Å². The van der Waals surface area contributed by atoms with E-state index in [9.17, 15) is 4.79 Å². The maximum Gasteiger partial charge on any atom is 0.268 e. The van der Waals surface area contributed by atoms with Crippen LogP contribution in [0.4, 0.5) is 0 Å². The van der Waals surface area contributed by atoms with E-state index in [2.05, 4.69) is 5.10 Å². The Morgan fingerprint density at radius 2 is 2.30 bits per heavy atom. The van der Waals surface area contributed by atoms with Crippen LogP contribution in [0, 0.1) is 11.3 Å². The quantitative estimate of drug-likeness (QED) is 0.827. The lowest BCUT2D eigenvalue weighted by molar-refractivity contribution is 0.409. The van der Waals surface area contributed by atoms with Crippen LogP contribution in [0.1, 0.15) is 11.1 Å². The zero-order valence-corrected chi connectivity index (χ0v) is 11.1. The Morgan fingerprint density at radius 3 is 3.05 bits per heavy atom. The number of benzene rings is 1. The van der Waals surface area contributed by atoms with Gasteiger partial charge in [-0.05, 0) is 24.5 Å². The van der Waals surface area contributed by atoms with Crippen LogP contribution in [0.15, 0.2) is 29.1 Å². The van der Waals surface area contributed by atoms with E-state index < -0.39 is 0 Å². The van der Waals surface area contributed by atoms with E-state index in [1.54, 1.807) is 13.2 Å². The minimum atomic E-state index is -0.225. The molecule has 5 nitrogen and oxygen atoms in total. The monoisotopic (exact) mass is 267 g/mol. The van der Waals surface area contributed by atoms with Gasteiger partial charge in [0.05, 0.1) is 18.9 Å². The van der Waals surface area contributed by atoms with E-state index in [1.807, 2.05) is 24.3 Å². The molecule has 20 heavy (non-hydrogen) atoms. The van der Waals surface area contributed by atoms with Crippen molar-refractivity contribution in [2.45, 2.75) is 19.4 Å². The van der Waals surface area contributed by atoms with E-state index in [0.717, 1.165) is 41.0 Å². The van der Waals surface area contributed by atoms with Gasteiger partial charge in [0.25, 0.3) is 5.56 Å². The molecule has 0 fully saturated rings. The number of ether oxygens (including phenoxy) is 1. The number of rotatable bonds is 2. The number of hydrogen-bond donors (Lipinski definition) is 0. The predicted octanol–water partition coefficient (Wildman–Crippen LogP) is 1.54. The molecule has 1 aromatic carbocycles. The summed E-state index contributed by atoms with van der Waals surface area (Å²) in [4.78, 5) is 11.8. The number of methoxy groups -OCH3 is 1. The second-order valence-corrected chi connectivity index (χ2v) is 4.66. The molecule has 0 N–H and O–H groups in total. The molecule has 0 saturated carbocycles. The minimum Gasteiger partial charge on any atom is -0.496 e. The standard InChI is InChI=1S/C15H13N3O2/c1-20-13-4-2-3-12-11(13)6-5-10-9-14(19)18(8-7-16)17-15(10)12/h2-4,9H,5-6,8H2,1H3. The molecule has 0 atom stereocenters. The third-order valence-electron chi connectivity index (χ3n) is 3.55. The molecular weight excluding hydrogens is 254 g/mol. The lowest BCUT2D eigenvalue weighted by atomic mass is 9.89. The average Bonchev–Trinajstić information content (AvgIpc) is 2.47. The zero-order valence-electron chi connectivity index (χ0n) is 11.1. The lowest BCUT2D eigenvalue weighted by Gasteiger charge is -2.21. The number of nitriles is 1. The first-order valence-corrected chi connectivity index (χ1v) is 6.39. The maximum absolute atomic E-state index is 11.8. The Bertz CT molecular complexity index is 772. The van der Waals surface area contributed by atoms with E-state index in [0.29, 0.717) is 0 Å². The van der Waals surface area contributed by atoms with Gasteiger partial charge in [-0.1, -0.05) is 12.1 Å². The highest BCUT2D eigenvalue weighted by atomic mass is 16.5. The van der Waals surface area contributed by atoms with Gasteiger partial charge < -0.3 is 4.74 Å². The lowest BCUT2D eigenvalue weighted by Crippen LogP contribution is -2.25. The third kappa shape index (κ3) is 1.86. The molecular formula is C15H13N3O2. The number of aromatic nitrogens is 2. The molecule has 5 heteroatoms. The molecule has 2 aromatic rings. The summed E-state index contributed by atoms with van der Waals surface area (Å²) in [5, 5.41) is 13.1. The van der Waals surface area contributed by atoms with Gasteiger partial charge in [-0.2, -0.15) is 10.4 Å². The molecule has 1 aliphatic carbocycles. The van der Waals surface area contributed by atoms with Crippen LogP contribution in [-0.4, -0.2) is 16.9 Å². The van der Waals surface area contributed by atoms with Crippen LogP contribution in [-0.2, 0) is 19.4 Å². The summed E-state index contributed by atoms with van der Waals surface area (Å²) >= 11 is 0. The van der Waals surface area contributed by atoms with Gasteiger partial charge in [0.1, 0.15) is 12.3 Å². The van der Waals surface area contributed by atoms with Gasteiger partial charge in [0.2, 0.25) is 0 Å². The van der Waals surface area contributed by atoms with Gasteiger partial charge in [-0.15, -0.1) is 0 Å². The molecule has 0 radical (unpaired) electrons. The highest BCUT2D eigenvalue weighted by Crippen LogP contribution is 2.36. The van der Waals surface area contributed by atoms with Crippen molar-refractivity contribution in [2.24, 2.45) is 0 Å². The zero-order chi connectivity index (χ0) is 14.1. The summed E-state index contributed by atoms with van der Waals surface area (Å²) in [6.07, 6.45) is 1.59. The number of hydrogen-bond acceptors (Lipinski definition) is 4. The van der Waals surface area contributed by atoms with Gasteiger partial charge in [0, 0.05) is 17.2 Å². The van der Waals surface area contributed by atoms with Crippen molar-refractivity contribution in [3.05, 3.63) is 45.7 Å². The van der Waals surface area contributed by atoms with Crippen molar-refractivity contribution in [2.75, 3.05) is 7.11 Å². The molecule has 1 heterocycles. The van der Waals surface area contributed by atoms with Gasteiger partial charge >= 0.3 is 0 Å². The smallest absolute Gasteiger partial charge is 0.268 e. The van der Waals surface area contributed by atoms with Gasteiger partial charge in [0.15, 0.2) is 0 Å². The van der Waals surface area contributed by atoms with Crippen LogP contribution in [0.3, 0.4) is 0 Å². The fourth-order valence-corrected chi connectivity index (χ4v) is 2.62. The fourth-order valence-electron chi connectivity index (χ4n) is 2.62. The van der Waals surface area contributed by atoms with Crippen LogP contribution in [0.2, 0.25) is 0 Å². The summed E-state index contributed by atoms with van der Waals surface area (Å²) in [5.41, 5.74) is 3.58. The van der Waals surface area contributed by atoms with Crippen molar-refractivity contribution in [3.63, 3.8) is 0 Å². The molecule has 0 spiro atoms. The van der Waals surface area contributed by atoms with Crippen LogP contribution in [0.5, 0.6) is 5.75 Å². The number of aryl methyl sites for hydroxylation is 1. The maximum atomic E-state index is 11.8.